The molecule has 3 nitrogen and oxygen atoms in total. The lowest BCUT2D eigenvalue weighted by molar-refractivity contribution is 0.100. The van der Waals surface area contributed by atoms with Crippen LogP contribution in [-0.4, -0.2) is 11.1 Å². The van der Waals surface area contributed by atoms with Crippen molar-refractivity contribution in [1.82, 2.24) is 0 Å². The van der Waals surface area contributed by atoms with Crippen molar-refractivity contribution in [2.75, 3.05) is 4.90 Å². The molecule has 0 bridgehead atoms. The Balaban J connectivity index is 1.78. The van der Waals surface area contributed by atoms with E-state index in [2.05, 4.69) is 19.9 Å². The van der Waals surface area contributed by atoms with E-state index in [-0.39, 0.29) is 5.91 Å². The Hall–Kier alpha value is -2.85. The Labute approximate surface area is 176 Å². The zero-order valence-corrected chi connectivity index (χ0v) is 17.7. The second kappa shape index (κ2) is 8.26. The average molecular weight is 401 g/mol. The molecule has 1 heterocycles. The van der Waals surface area contributed by atoms with Gasteiger partial charge in [-0.1, -0.05) is 74.1 Å². The Morgan fingerprint density at radius 1 is 0.966 bits per heavy atom. The van der Waals surface area contributed by atoms with Gasteiger partial charge >= 0.3 is 0 Å². The first kappa shape index (κ1) is 19.5. The summed E-state index contributed by atoms with van der Waals surface area (Å²) in [5, 5.41) is 0.718. The van der Waals surface area contributed by atoms with Gasteiger partial charge in [0.15, 0.2) is 5.17 Å². The van der Waals surface area contributed by atoms with Crippen molar-refractivity contribution in [2.24, 2.45) is 4.99 Å². The standard InChI is InChI=1S/C25H24N2OS/c1-17(2)19-12-14-20(15-13-19)24(28)27-23-11-7-5-9-21(23)16-29-25(27)26-22-10-6-4-8-18(22)3/h4-15,17H,16H2,1-3H3. The Bertz CT molecular complexity index is 1070. The summed E-state index contributed by atoms with van der Waals surface area (Å²) in [7, 11) is 0. The van der Waals surface area contributed by atoms with Gasteiger partial charge in [0.05, 0.1) is 11.4 Å². The molecular weight excluding hydrogens is 376 g/mol. The highest BCUT2D eigenvalue weighted by Gasteiger charge is 2.29. The quantitative estimate of drug-likeness (QED) is 0.490. The predicted octanol–water partition coefficient (Wildman–Crippen LogP) is 6.70. The number of carbonyl (C=O) groups excluding carboxylic acids is 1. The smallest absolute Gasteiger partial charge is 0.264 e. The van der Waals surface area contributed by atoms with Crippen LogP contribution in [0.4, 0.5) is 11.4 Å². The van der Waals surface area contributed by atoms with Gasteiger partial charge in [-0.05, 0) is 53.8 Å². The molecule has 29 heavy (non-hydrogen) atoms. The van der Waals surface area contributed by atoms with Crippen LogP contribution in [0.25, 0.3) is 0 Å². The van der Waals surface area contributed by atoms with Gasteiger partial charge in [0.2, 0.25) is 0 Å². The number of nitrogens with zero attached hydrogens (tertiary/aromatic N) is 2. The molecule has 0 saturated carbocycles. The van der Waals surface area contributed by atoms with Crippen LogP contribution in [0, 0.1) is 6.92 Å². The number of aliphatic imine (C=N–C) groups is 1. The molecule has 4 rings (SSSR count). The summed E-state index contributed by atoms with van der Waals surface area (Å²) in [6.45, 7) is 6.35. The molecule has 0 N–H and O–H groups in total. The maximum atomic E-state index is 13.6. The number of benzene rings is 3. The lowest BCUT2D eigenvalue weighted by atomic mass is 10.0. The Kier molecular flexibility index (Phi) is 5.54. The monoisotopic (exact) mass is 400 g/mol. The molecule has 0 atom stereocenters. The molecule has 0 unspecified atom stereocenters. The third kappa shape index (κ3) is 3.99. The summed E-state index contributed by atoms with van der Waals surface area (Å²) < 4.78 is 0. The number of amidine groups is 1. The van der Waals surface area contributed by atoms with Gasteiger partial charge < -0.3 is 0 Å². The van der Waals surface area contributed by atoms with E-state index in [4.69, 9.17) is 4.99 Å². The zero-order chi connectivity index (χ0) is 20.4. The summed E-state index contributed by atoms with van der Waals surface area (Å²) in [6, 6.07) is 24.0. The minimum atomic E-state index is -0.0488. The number of aryl methyl sites for hydroxylation is 1. The predicted molar refractivity (Wildman–Crippen MR) is 123 cm³/mol. The molecule has 0 radical (unpaired) electrons. The van der Waals surface area contributed by atoms with E-state index in [9.17, 15) is 4.79 Å². The van der Waals surface area contributed by atoms with Crippen LogP contribution in [0.5, 0.6) is 0 Å². The minimum absolute atomic E-state index is 0.0488. The topological polar surface area (TPSA) is 32.7 Å². The number of anilines is 1. The first-order valence-corrected chi connectivity index (χ1v) is 10.8. The molecule has 1 aliphatic heterocycles. The number of amides is 1. The number of hydrogen-bond donors (Lipinski definition) is 0. The summed E-state index contributed by atoms with van der Waals surface area (Å²) in [4.78, 5) is 20.2. The van der Waals surface area contributed by atoms with Gasteiger partial charge in [-0.3, -0.25) is 9.69 Å². The van der Waals surface area contributed by atoms with Crippen LogP contribution in [0.1, 0.15) is 46.8 Å². The summed E-state index contributed by atoms with van der Waals surface area (Å²) in [5.41, 5.74) is 5.94. The van der Waals surface area contributed by atoms with Crippen molar-refractivity contribution < 1.29 is 4.79 Å². The molecule has 146 valence electrons. The number of para-hydroxylation sites is 2. The van der Waals surface area contributed by atoms with Crippen LogP contribution in [-0.2, 0) is 5.75 Å². The van der Waals surface area contributed by atoms with Gasteiger partial charge in [0.1, 0.15) is 0 Å². The van der Waals surface area contributed by atoms with E-state index in [1.165, 1.54) is 5.56 Å². The molecule has 3 aromatic rings. The van der Waals surface area contributed by atoms with Crippen molar-refractivity contribution in [3.8, 4) is 0 Å². The maximum absolute atomic E-state index is 13.6. The normalized spacial score (nSPS) is 14.9. The first-order chi connectivity index (χ1) is 14.0. The number of fused-ring (bicyclic) bond motifs is 1. The SMILES string of the molecule is Cc1ccccc1N=C1SCc2ccccc2N1C(=O)c1ccc(C(C)C)cc1. The summed E-state index contributed by atoms with van der Waals surface area (Å²) >= 11 is 1.60. The fraction of sp³-hybridized carbons (Fsp3) is 0.200. The first-order valence-electron chi connectivity index (χ1n) is 9.84. The zero-order valence-electron chi connectivity index (χ0n) is 16.9. The molecule has 3 aromatic carbocycles. The fourth-order valence-corrected chi connectivity index (χ4v) is 4.37. The third-order valence-electron chi connectivity index (χ3n) is 5.14. The molecule has 0 spiro atoms. The van der Waals surface area contributed by atoms with E-state index < -0.39 is 0 Å². The second-order valence-electron chi connectivity index (χ2n) is 7.52. The molecule has 1 aliphatic rings. The molecule has 0 aliphatic carbocycles. The molecule has 0 saturated heterocycles. The van der Waals surface area contributed by atoms with Crippen LogP contribution in [0.2, 0.25) is 0 Å². The number of carbonyl (C=O) groups is 1. The lowest BCUT2D eigenvalue weighted by Crippen LogP contribution is -2.38. The third-order valence-corrected chi connectivity index (χ3v) is 6.13. The van der Waals surface area contributed by atoms with Crippen molar-refractivity contribution in [1.29, 1.82) is 0 Å². The van der Waals surface area contributed by atoms with Crippen molar-refractivity contribution in [2.45, 2.75) is 32.4 Å². The number of thioether (sulfide) groups is 1. The minimum Gasteiger partial charge on any atom is -0.268 e. The van der Waals surface area contributed by atoms with E-state index in [1.54, 1.807) is 16.7 Å². The van der Waals surface area contributed by atoms with E-state index in [0.717, 1.165) is 33.4 Å². The fourth-order valence-electron chi connectivity index (χ4n) is 3.37. The van der Waals surface area contributed by atoms with E-state index in [1.807, 2.05) is 73.7 Å². The van der Waals surface area contributed by atoms with Gasteiger partial charge in [0.25, 0.3) is 5.91 Å². The largest absolute Gasteiger partial charge is 0.268 e. The van der Waals surface area contributed by atoms with Crippen LogP contribution in [0.15, 0.2) is 77.8 Å². The van der Waals surface area contributed by atoms with Gasteiger partial charge in [-0.25, -0.2) is 4.99 Å². The van der Waals surface area contributed by atoms with Crippen LogP contribution < -0.4 is 4.90 Å². The van der Waals surface area contributed by atoms with Gasteiger partial charge in [-0.2, -0.15) is 0 Å². The Morgan fingerprint density at radius 2 is 1.66 bits per heavy atom. The van der Waals surface area contributed by atoms with Crippen molar-refractivity contribution >= 4 is 34.2 Å². The lowest BCUT2D eigenvalue weighted by Gasteiger charge is -2.30. The van der Waals surface area contributed by atoms with Gasteiger partial charge in [0, 0.05) is 11.3 Å². The average Bonchev–Trinajstić information content (AvgIpc) is 2.75. The van der Waals surface area contributed by atoms with Gasteiger partial charge in [-0.15, -0.1) is 0 Å². The van der Waals surface area contributed by atoms with Crippen LogP contribution >= 0.6 is 11.8 Å². The second-order valence-corrected chi connectivity index (χ2v) is 8.46. The van der Waals surface area contributed by atoms with E-state index in [0.29, 0.717) is 11.5 Å². The molecule has 0 fully saturated rings. The van der Waals surface area contributed by atoms with Crippen molar-refractivity contribution in [3.63, 3.8) is 0 Å². The van der Waals surface area contributed by atoms with Crippen molar-refractivity contribution in [3.05, 3.63) is 95.1 Å². The Morgan fingerprint density at radius 3 is 2.38 bits per heavy atom. The summed E-state index contributed by atoms with van der Waals surface area (Å²) in [6.07, 6.45) is 0. The van der Waals surface area contributed by atoms with Crippen LogP contribution in [0.3, 0.4) is 0 Å². The molecule has 0 aromatic heterocycles. The highest BCUT2D eigenvalue weighted by atomic mass is 32.2. The highest BCUT2D eigenvalue weighted by molar-refractivity contribution is 8.13. The molecule has 1 amide bonds. The number of hydrogen-bond acceptors (Lipinski definition) is 3. The summed E-state index contributed by atoms with van der Waals surface area (Å²) in [5.74, 6) is 1.19. The molecule has 4 heteroatoms. The highest BCUT2D eigenvalue weighted by Crippen LogP contribution is 2.36. The molecular formula is C25H24N2OS. The maximum Gasteiger partial charge on any atom is 0.264 e. The number of rotatable bonds is 3. The van der Waals surface area contributed by atoms with E-state index >= 15 is 0 Å².